The molecule has 5 rings (SSSR count). The van der Waals surface area contributed by atoms with Crippen LogP contribution >= 0.6 is 33.9 Å². The Morgan fingerprint density at radius 3 is 2.37 bits per heavy atom. The number of thiazole rings is 1. The van der Waals surface area contributed by atoms with Crippen LogP contribution in [0.15, 0.2) is 75.7 Å². The summed E-state index contributed by atoms with van der Waals surface area (Å²) in [5, 5.41) is 9.10. The van der Waals surface area contributed by atoms with Crippen molar-refractivity contribution in [3.63, 3.8) is 0 Å². The maximum absolute atomic E-state index is 14.3. The molecule has 0 unspecified atom stereocenters. The zero-order chi connectivity index (χ0) is 37.4. The predicted molar refractivity (Wildman–Crippen MR) is 201 cm³/mol. The average molecular weight is 838 g/mol. The number of carbonyl (C=O) groups excluding carboxylic acids is 2. The van der Waals surface area contributed by atoms with E-state index in [1.54, 1.807) is 57.2 Å². The molecular weight excluding hydrogens is 801 g/mol. The third-order valence-electron chi connectivity index (χ3n) is 7.77. The third kappa shape index (κ3) is 8.48. The minimum absolute atomic E-state index is 0.130. The fourth-order valence-corrected chi connectivity index (χ4v) is 7.27. The molecule has 1 aliphatic heterocycles. The molecule has 4 aromatic rings. The summed E-state index contributed by atoms with van der Waals surface area (Å²) in [6.07, 6.45) is 1.76. The fraction of sp³-hybridized carbons (Fsp3) is 0.289. The van der Waals surface area contributed by atoms with E-state index in [1.807, 2.05) is 31.2 Å². The van der Waals surface area contributed by atoms with E-state index in [1.165, 1.54) is 23.0 Å². The lowest BCUT2D eigenvalue weighted by atomic mass is 9.95. The van der Waals surface area contributed by atoms with Gasteiger partial charge in [0, 0.05) is 0 Å². The van der Waals surface area contributed by atoms with Crippen LogP contribution in [0.25, 0.3) is 6.08 Å². The van der Waals surface area contributed by atoms with Crippen molar-refractivity contribution in [1.29, 1.82) is 5.26 Å². The highest BCUT2D eigenvalue weighted by Crippen LogP contribution is 2.37. The van der Waals surface area contributed by atoms with Crippen molar-refractivity contribution >= 4 is 51.9 Å². The van der Waals surface area contributed by atoms with Gasteiger partial charge in [0.2, 0.25) is 0 Å². The van der Waals surface area contributed by atoms with Gasteiger partial charge >= 0.3 is 11.9 Å². The van der Waals surface area contributed by atoms with E-state index in [4.69, 9.17) is 33.7 Å². The maximum Gasteiger partial charge on any atom is 0.343 e. The van der Waals surface area contributed by atoms with Crippen molar-refractivity contribution in [2.75, 3.05) is 33.5 Å². The number of methoxy groups -OCH3 is 1. The molecule has 0 spiro atoms. The molecule has 0 N–H and O–H groups in total. The Bertz CT molecular complexity index is 2240. The molecule has 0 saturated carbocycles. The second kappa shape index (κ2) is 17.4. The van der Waals surface area contributed by atoms with Crippen molar-refractivity contribution in [1.82, 2.24) is 4.57 Å². The van der Waals surface area contributed by atoms with Gasteiger partial charge in [-0.2, -0.15) is 5.26 Å². The van der Waals surface area contributed by atoms with Gasteiger partial charge in [-0.3, -0.25) is 9.36 Å². The highest BCUT2D eigenvalue weighted by molar-refractivity contribution is 14.1. The van der Waals surface area contributed by atoms with Crippen LogP contribution in [0.2, 0.25) is 0 Å². The number of nitrogens with zero attached hydrogens (tertiary/aromatic N) is 3. The molecule has 0 bridgehead atoms. The summed E-state index contributed by atoms with van der Waals surface area (Å²) in [5.41, 5.74) is 2.98. The standard InChI is InChI=1S/C38H36IN3O9S/c1-6-47-29-18-26(13-14-28(29)50-21-32(43)46-5)34-33(37(45)49-8-3)22(4)41-38-42(34)36(44)31(52-38)17-25-15-27(39)35(30(16-25)48-7-2)51-20-24-11-9-23(19-40)10-12-24/h9-18,34H,6-8,20-21H2,1-5H3/b31-17+/t34-/m1/s1. The van der Waals surface area contributed by atoms with E-state index in [9.17, 15) is 14.4 Å². The first-order valence-electron chi connectivity index (χ1n) is 16.4. The Kier molecular flexibility index (Phi) is 12.7. The SMILES string of the molecule is CCOC(=O)C1=C(C)N=c2s/c(=C/c3cc(I)c(OCc4ccc(C#N)cc4)c(OCC)c3)c(=O)n2[C@@H]1c1ccc(OCC(=O)OC)c(OCC)c1. The number of fused-ring (bicyclic) bond motifs is 1. The molecule has 0 aliphatic carbocycles. The summed E-state index contributed by atoms with van der Waals surface area (Å²) in [6, 6.07) is 17.1. The summed E-state index contributed by atoms with van der Waals surface area (Å²) in [7, 11) is 1.27. The number of aromatic nitrogens is 1. The van der Waals surface area contributed by atoms with Crippen LogP contribution in [0.4, 0.5) is 0 Å². The highest BCUT2D eigenvalue weighted by Gasteiger charge is 2.34. The molecule has 12 nitrogen and oxygen atoms in total. The van der Waals surface area contributed by atoms with Gasteiger partial charge in [0.15, 0.2) is 34.4 Å². The molecule has 270 valence electrons. The van der Waals surface area contributed by atoms with Crippen molar-refractivity contribution in [3.05, 3.63) is 111 Å². The van der Waals surface area contributed by atoms with Gasteiger partial charge in [-0.05, 0) is 109 Å². The number of carbonyl (C=O) groups is 2. The first-order valence-corrected chi connectivity index (χ1v) is 18.3. The maximum atomic E-state index is 14.3. The molecule has 14 heteroatoms. The number of hydrogen-bond acceptors (Lipinski definition) is 12. The predicted octanol–water partition coefficient (Wildman–Crippen LogP) is 5.20. The lowest BCUT2D eigenvalue weighted by Crippen LogP contribution is -2.40. The summed E-state index contributed by atoms with van der Waals surface area (Å²) in [5.74, 6) is 0.534. The number of rotatable bonds is 14. The number of ether oxygens (including phenoxy) is 6. The Hall–Kier alpha value is -5.14. The van der Waals surface area contributed by atoms with Crippen molar-refractivity contribution in [2.45, 2.75) is 40.3 Å². The molecule has 1 atom stereocenters. The average Bonchev–Trinajstić information content (AvgIpc) is 3.43. The number of benzene rings is 3. The lowest BCUT2D eigenvalue weighted by Gasteiger charge is -2.25. The fourth-order valence-electron chi connectivity index (χ4n) is 5.44. The normalized spacial score (nSPS) is 13.8. The Balaban J connectivity index is 1.58. The van der Waals surface area contributed by atoms with Gasteiger partial charge in [0.25, 0.3) is 5.56 Å². The van der Waals surface area contributed by atoms with Crippen molar-refractivity contribution in [3.8, 4) is 29.1 Å². The van der Waals surface area contributed by atoms with Gasteiger partial charge in [-0.15, -0.1) is 0 Å². The van der Waals surface area contributed by atoms with Gasteiger partial charge < -0.3 is 28.4 Å². The largest absolute Gasteiger partial charge is 0.490 e. The summed E-state index contributed by atoms with van der Waals surface area (Å²) in [6.45, 7) is 7.86. The van der Waals surface area contributed by atoms with Crippen LogP contribution in [0.1, 0.15) is 56.0 Å². The van der Waals surface area contributed by atoms with E-state index in [-0.39, 0.29) is 31.0 Å². The van der Waals surface area contributed by atoms with Gasteiger partial charge in [0.05, 0.1) is 64.0 Å². The summed E-state index contributed by atoms with van der Waals surface area (Å²) in [4.78, 5) is 44.6. The second-order valence-electron chi connectivity index (χ2n) is 11.2. The molecule has 0 radical (unpaired) electrons. The molecular formula is C38H36IN3O9S. The smallest absolute Gasteiger partial charge is 0.343 e. The number of esters is 2. The topological polar surface area (TPSA) is 148 Å². The first kappa shape index (κ1) is 38.1. The highest BCUT2D eigenvalue weighted by atomic mass is 127. The molecule has 3 aromatic carbocycles. The molecule has 0 amide bonds. The Morgan fingerprint density at radius 2 is 1.69 bits per heavy atom. The van der Waals surface area contributed by atoms with Crippen LogP contribution < -0.4 is 33.8 Å². The number of halogens is 1. The van der Waals surface area contributed by atoms with E-state index in [0.29, 0.717) is 67.9 Å². The van der Waals surface area contributed by atoms with Crippen molar-refractivity contribution < 1.29 is 38.0 Å². The molecule has 0 saturated heterocycles. The van der Waals surface area contributed by atoms with E-state index < -0.39 is 18.0 Å². The minimum atomic E-state index is -0.900. The summed E-state index contributed by atoms with van der Waals surface area (Å²) >= 11 is 3.37. The van der Waals surface area contributed by atoms with Crippen LogP contribution in [-0.2, 0) is 25.7 Å². The van der Waals surface area contributed by atoms with Gasteiger partial charge in [-0.25, -0.2) is 14.6 Å². The lowest BCUT2D eigenvalue weighted by molar-refractivity contribution is -0.143. The molecule has 0 fully saturated rings. The summed E-state index contributed by atoms with van der Waals surface area (Å²) < 4.78 is 36.4. The first-order chi connectivity index (χ1) is 25.1. The minimum Gasteiger partial charge on any atom is -0.490 e. The number of nitriles is 1. The van der Waals surface area contributed by atoms with E-state index >= 15 is 0 Å². The zero-order valence-corrected chi connectivity index (χ0v) is 32.2. The molecule has 1 aliphatic rings. The van der Waals surface area contributed by atoms with E-state index in [2.05, 4.69) is 33.7 Å². The van der Waals surface area contributed by atoms with Gasteiger partial charge in [0.1, 0.15) is 6.61 Å². The number of allylic oxidation sites excluding steroid dienone is 1. The van der Waals surface area contributed by atoms with Crippen molar-refractivity contribution in [2.24, 2.45) is 4.99 Å². The molecule has 2 heterocycles. The van der Waals surface area contributed by atoms with Crippen LogP contribution in [0.5, 0.6) is 23.0 Å². The second-order valence-corrected chi connectivity index (χ2v) is 13.3. The van der Waals surface area contributed by atoms with Gasteiger partial charge in [-0.1, -0.05) is 29.5 Å². The van der Waals surface area contributed by atoms with Crippen LogP contribution in [0, 0.1) is 14.9 Å². The van der Waals surface area contributed by atoms with Crippen LogP contribution in [0.3, 0.4) is 0 Å². The molecule has 1 aromatic heterocycles. The third-order valence-corrected chi connectivity index (χ3v) is 9.55. The zero-order valence-electron chi connectivity index (χ0n) is 29.2. The Morgan fingerprint density at radius 1 is 0.962 bits per heavy atom. The van der Waals surface area contributed by atoms with Crippen LogP contribution in [-0.4, -0.2) is 50.0 Å². The van der Waals surface area contributed by atoms with E-state index in [0.717, 1.165) is 9.13 Å². The molecule has 52 heavy (non-hydrogen) atoms. The monoisotopic (exact) mass is 837 g/mol. The number of hydrogen-bond donors (Lipinski definition) is 0. The Labute approximate surface area is 317 Å². The quantitative estimate of drug-likeness (QED) is 0.123.